The summed E-state index contributed by atoms with van der Waals surface area (Å²) in [5.41, 5.74) is 3.23. The van der Waals surface area contributed by atoms with Crippen molar-refractivity contribution in [3.63, 3.8) is 0 Å². The summed E-state index contributed by atoms with van der Waals surface area (Å²) < 4.78 is 31.7. The number of alkyl halides is 2. The van der Waals surface area contributed by atoms with Gasteiger partial charge < -0.3 is 15.0 Å². The number of para-hydroxylation sites is 2. The second kappa shape index (κ2) is 9.86. The molecule has 1 unspecified atom stereocenters. The monoisotopic (exact) mass is 466 g/mol. The van der Waals surface area contributed by atoms with Crippen molar-refractivity contribution in [3.05, 3.63) is 83.2 Å². The number of ether oxygens (including phenoxy) is 1. The zero-order chi connectivity index (χ0) is 24.2. The average molecular weight is 466 g/mol. The highest BCUT2D eigenvalue weighted by Crippen LogP contribution is 2.31. The summed E-state index contributed by atoms with van der Waals surface area (Å²) in [6.07, 6.45) is 2.68. The van der Waals surface area contributed by atoms with Gasteiger partial charge in [0.1, 0.15) is 11.8 Å². The van der Waals surface area contributed by atoms with Crippen LogP contribution >= 0.6 is 0 Å². The van der Waals surface area contributed by atoms with Gasteiger partial charge in [0.2, 0.25) is 11.8 Å². The first kappa shape index (κ1) is 23.2. The molecule has 0 saturated carbocycles. The van der Waals surface area contributed by atoms with Crippen LogP contribution < -0.4 is 10.1 Å². The van der Waals surface area contributed by atoms with Gasteiger partial charge in [-0.2, -0.15) is 13.9 Å². The van der Waals surface area contributed by atoms with Gasteiger partial charge in [0.15, 0.2) is 0 Å². The van der Waals surface area contributed by atoms with Gasteiger partial charge in [-0.1, -0.05) is 36.4 Å². The van der Waals surface area contributed by atoms with Crippen molar-refractivity contribution in [2.24, 2.45) is 0 Å². The third-order valence-electron chi connectivity index (χ3n) is 5.66. The molecule has 1 aliphatic heterocycles. The molecule has 2 aromatic carbocycles. The highest BCUT2D eigenvalue weighted by Gasteiger charge is 2.37. The molecule has 1 N–H and O–H groups in total. The van der Waals surface area contributed by atoms with Gasteiger partial charge in [0.05, 0.1) is 11.4 Å². The summed E-state index contributed by atoms with van der Waals surface area (Å²) in [7, 11) is 0. The summed E-state index contributed by atoms with van der Waals surface area (Å²) in [6, 6.07) is 14.9. The molecule has 9 heteroatoms. The molecule has 1 aliphatic rings. The molecule has 1 atom stereocenters. The van der Waals surface area contributed by atoms with Crippen molar-refractivity contribution in [1.82, 2.24) is 20.0 Å². The smallest absolute Gasteiger partial charge is 0.387 e. The number of carbonyl (C=O) groups is 2. The number of amides is 2. The predicted molar refractivity (Wildman–Crippen MR) is 123 cm³/mol. The van der Waals surface area contributed by atoms with Crippen LogP contribution in [0.4, 0.5) is 8.78 Å². The summed E-state index contributed by atoms with van der Waals surface area (Å²) in [4.78, 5) is 27.6. The zero-order valence-corrected chi connectivity index (χ0v) is 18.7. The fraction of sp³-hybridized carbons (Fsp3) is 0.240. The van der Waals surface area contributed by atoms with Gasteiger partial charge in [0, 0.05) is 36.0 Å². The van der Waals surface area contributed by atoms with Crippen LogP contribution in [-0.4, -0.2) is 46.2 Å². The van der Waals surface area contributed by atoms with Crippen molar-refractivity contribution < 1.29 is 23.1 Å². The molecule has 34 heavy (non-hydrogen) atoms. The number of piperazine rings is 1. The van der Waals surface area contributed by atoms with Gasteiger partial charge >= 0.3 is 6.61 Å². The Morgan fingerprint density at radius 3 is 2.59 bits per heavy atom. The lowest BCUT2D eigenvalue weighted by Gasteiger charge is -2.34. The van der Waals surface area contributed by atoms with E-state index in [2.05, 4.69) is 15.2 Å². The molecule has 3 aromatic rings. The standard InChI is InChI=1S/C25H24F2N4O3/c1-16-22(17(2)31(29-16)19-9-4-3-5-10-19)23-24(33)28-14-15-30(23)21(32)13-12-18-8-6-7-11-20(18)34-25(26)27/h3-13,23,25H,14-15H2,1-2H3,(H,28,33)/b13-12-. The molecule has 1 aromatic heterocycles. The Morgan fingerprint density at radius 2 is 1.85 bits per heavy atom. The Hall–Kier alpha value is -4.01. The van der Waals surface area contributed by atoms with E-state index in [9.17, 15) is 18.4 Å². The number of benzene rings is 2. The van der Waals surface area contributed by atoms with Crippen LogP contribution in [0.2, 0.25) is 0 Å². The Kier molecular flexibility index (Phi) is 6.72. The molecule has 0 radical (unpaired) electrons. The molecule has 4 rings (SSSR count). The van der Waals surface area contributed by atoms with Crippen LogP contribution in [0.15, 0.2) is 60.7 Å². The number of hydrogen-bond donors (Lipinski definition) is 1. The second-order valence-electron chi connectivity index (χ2n) is 7.81. The molecule has 1 saturated heterocycles. The fourth-order valence-corrected chi connectivity index (χ4v) is 4.14. The third-order valence-corrected chi connectivity index (χ3v) is 5.66. The van der Waals surface area contributed by atoms with Gasteiger partial charge in [0.25, 0.3) is 0 Å². The number of rotatable bonds is 6. The van der Waals surface area contributed by atoms with E-state index in [0.29, 0.717) is 29.9 Å². The van der Waals surface area contributed by atoms with E-state index in [1.54, 1.807) is 29.8 Å². The van der Waals surface area contributed by atoms with Gasteiger partial charge in [-0.3, -0.25) is 9.59 Å². The predicted octanol–water partition coefficient (Wildman–Crippen LogP) is 3.80. The zero-order valence-electron chi connectivity index (χ0n) is 18.7. The molecular weight excluding hydrogens is 442 g/mol. The number of carbonyl (C=O) groups excluding carboxylic acids is 2. The van der Waals surface area contributed by atoms with Crippen LogP contribution in [0, 0.1) is 13.8 Å². The van der Waals surface area contributed by atoms with E-state index in [1.807, 2.05) is 37.3 Å². The fourth-order valence-electron chi connectivity index (χ4n) is 4.14. The number of nitrogens with one attached hydrogen (secondary N) is 1. The summed E-state index contributed by atoms with van der Waals surface area (Å²) in [6.45, 7) is 1.29. The Bertz CT molecular complexity index is 1220. The number of halogens is 2. The lowest BCUT2D eigenvalue weighted by Crippen LogP contribution is -2.52. The molecule has 2 heterocycles. The van der Waals surface area contributed by atoms with E-state index in [-0.39, 0.29) is 11.7 Å². The Labute approximate surface area is 195 Å². The van der Waals surface area contributed by atoms with Gasteiger partial charge in [-0.05, 0) is 38.1 Å². The molecule has 0 spiro atoms. The van der Waals surface area contributed by atoms with Crippen LogP contribution in [0.25, 0.3) is 11.8 Å². The maximum atomic E-state index is 13.2. The lowest BCUT2D eigenvalue weighted by molar-refractivity contribution is -0.140. The Balaban J connectivity index is 1.66. The molecular formula is C25H24F2N4O3. The van der Waals surface area contributed by atoms with Gasteiger partial charge in [-0.25, -0.2) is 4.68 Å². The molecule has 0 bridgehead atoms. The molecule has 0 aliphatic carbocycles. The summed E-state index contributed by atoms with van der Waals surface area (Å²) in [5, 5.41) is 7.44. The van der Waals surface area contributed by atoms with E-state index in [1.165, 1.54) is 23.1 Å². The summed E-state index contributed by atoms with van der Waals surface area (Å²) in [5.74, 6) is -0.753. The summed E-state index contributed by atoms with van der Waals surface area (Å²) >= 11 is 0. The Morgan fingerprint density at radius 1 is 1.15 bits per heavy atom. The maximum absolute atomic E-state index is 13.2. The second-order valence-corrected chi connectivity index (χ2v) is 7.81. The minimum absolute atomic E-state index is 0.0367. The van der Waals surface area contributed by atoms with Crippen molar-refractivity contribution in [1.29, 1.82) is 0 Å². The largest absolute Gasteiger partial charge is 0.434 e. The van der Waals surface area contributed by atoms with Crippen LogP contribution in [0.5, 0.6) is 5.75 Å². The van der Waals surface area contributed by atoms with Crippen molar-refractivity contribution in [2.45, 2.75) is 26.5 Å². The van der Waals surface area contributed by atoms with Crippen molar-refractivity contribution in [3.8, 4) is 11.4 Å². The highest BCUT2D eigenvalue weighted by atomic mass is 19.3. The number of aryl methyl sites for hydroxylation is 1. The lowest BCUT2D eigenvalue weighted by atomic mass is 10.00. The molecule has 1 fully saturated rings. The molecule has 2 amide bonds. The number of nitrogens with zero attached hydrogens (tertiary/aromatic N) is 3. The minimum Gasteiger partial charge on any atom is -0.434 e. The minimum atomic E-state index is -2.98. The van der Waals surface area contributed by atoms with Crippen LogP contribution in [-0.2, 0) is 9.59 Å². The van der Waals surface area contributed by atoms with Gasteiger partial charge in [-0.15, -0.1) is 0 Å². The van der Waals surface area contributed by atoms with Crippen LogP contribution in [0.3, 0.4) is 0 Å². The third kappa shape index (κ3) is 4.68. The van der Waals surface area contributed by atoms with E-state index in [4.69, 9.17) is 0 Å². The first-order valence-corrected chi connectivity index (χ1v) is 10.8. The van der Waals surface area contributed by atoms with E-state index in [0.717, 1.165) is 11.4 Å². The average Bonchev–Trinajstić information content (AvgIpc) is 3.12. The quantitative estimate of drug-likeness (QED) is 0.561. The SMILES string of the molecule is Cc1nn(-c2ccccc2)c(C)c1C1C(=O)NCCN1C(=O)/C=C\c1ccccc1OC(F)F. The van der Waals surface area contributed by atoms with Crippen LogP contribution in [0.1, 0.15) is 28.6 Å². The van der Waals surface area contributed by atoms with E-state index >= 15 is 0 Å². The highest BCUT2D eigenvalue weighted by molar-refractivity contribution is 5.97. The van der Waals surface area contributed by atoms with Crippen molar-refractivity contribution in [2.75, 3.05) is 13.1 Å². The molecule has 7 nitrogen and oxygen atoms in total. The number of hydrogen-bond acceptors (Lipinski definition) is 4. The number of aromatic nitrogens is 2. The first-order chi connectivity index (χ1) is 16.4. The molecule has 176 valence electrons. The maximum Gasteiger partial charge on any atom is 0.387 e. The van der Waals surface area contributed by atoms with Crippen molar-refractivity contribution >= 4 is 17.9 Å². The topological polar surface area (TPSA) is 76.5 Å². The van der Waals surface area contributed by atoms with E-state index < -0.39 is 18.6 Å². The first-order valence-electron chi connectivity index (χ1n) is 10.8. The normalized spacial score (nSPS) is 16.2.